The molecule has 4 aromatic rings. The fourth-order valence-electron chi connectivity index (χ4n) is 3.04. The van der Waals surface area contributed by atoms with Gasteiger partial charge in [0.25, 0.3) is 5.91 Å². The van der Waals surface area contributed by atoms with Crippen LogP contribution >= 0.6 is 11.3 Å². The first-order valence-corrected chi connectivity index (χ1v) is 10.3. The molecule has 0 saturated carbocycles. The van der Waals surface area contributed by atoms with Crippen molar-refractivity contribution in [3.63, 3.8) is 0 Å². The Bertz CT molecular complexity index is 1220. The summed E-state index contributed by atoms with van der Waals surface area (Å²) in [6.07, 6.45) is 1.69. The van der Waals surface area contributed by atoms with Gasteiger partial charge in [-0.2, -0.15) is 0 Å². The number of carbonyl (C=O) groups excluding carboxylic acids is 2. The number of aromatic nitrogens is 2. The molecule has 0 aliphatic carbocycles. The smallest absolute Gasteiger partial charge is 0.337 e. The molecule has 2 aromatic heterocycles. The van der Waals surface area contributed by atoms with Gasteiger partial charge in [-0.25, -0.2) is 9.78 Å². The second-order valence-electron chi connectivity index (χ2n) is 6.61. The average molecular weight is 433 g/mol. The van der Waals surface area contributed by atoms with E-state index in [-0.39, 0.29) is 12.5 Å². The minimum absolute atomic E-state index is 0.243. The summed E-state index contributed by atoms with van der Waals surface area (Å²) in [5.41, 5.74) is 2.32. The van der Waals surface area contributed by atoms with Crippen LogP contribution in [0.2, 0.25) is 0 Å². The Kier molecular flexibility index (Phi) is 5.90. The number of nitrogens with zero attached hydrogens (tertiary/aromatic N) is 3. The Hall–Kier alpha value is -3.78. The highest BCUT2D eigenvalue weighted by Crippen LogP contribution is 2.33. The van der Waals surface area contributed by atoms with Crippen LogP contribution in [0, 0.1) is 0 Å². The lowest BCUT2D eigenvalue weighted by atomic mass is 10.1. The molecule has 2 aromatic carbocycles. The van der Waals surface area contributed by atoms with Gasteiger partial charge >= 0.3 is 5.97 Å². The van der Waals surface area contributed by atoms with Crippen molar-refractivity contribution in [1.29, 1.82) is 0 Å². The summed E-state index contributed by atoms with van der Waals surface area (Å²) in [7, 11) is 2.93. The molecule has 8 heteroatoms. The third-order valence-electron chi connectivity index (χ3n) is 4.66. The molecule has 0 aliphatic rings. The van der Waals surface area contributed by atoms with E-state index in [1.807, 2.05) is 36.4 Å². The Labute approximate surface area is 182 Å². The maximum atomic E-state index is 13.4. The zero-order valence-electron chi connectivity index (χ0n) is 16.9. The topological polar surface area (TPSA) is 81.6 Å². The lowest BCUT2D eigenvalue weighted by Gasteiger charge is -2.19. The number of rotatable bonds is 6. The van der Waals surface area contributed by atoms with Crippen LogP contribution in [0.4, 0.5) is 5.13 Å². The van der Waals surface area contributed by atoms with Crippen LogP contribution in [0.5, 0.6) is 5.75 Å². The normalized spacial score (nSPS) is 10.6. The fourth-order valence-corrected chi connectivity index (χ4v) is 4.03. The maximum Gasteiger partial charge on any atom is 0.337 e. The Balaban J connectivity index is 1.72. The van der Waals surface area contributed by atoms with E-state index in [1.54, 1.807) is 42.5 Å². The fraction of sp³-hybridized carbons (Fsp3) is 0.130. The largest absolute Gasteiger partial charge is 0.497 e. The molecule has 0 unspecified atom stereocenters. The number of hydrogen-bond donors (Lipinski definition) is 0. The number of hydrogen-bond acceptors (Lipinski definition) is 7. The molecule has 0 N–H and O–H groups in total. The minimum atomic E-state index is -0.454. The van der Waals surface area contributed by atoms with Crippen LogP contribution in [-0.4, -0.2) is 36.1 Å². The molecule has 0 saturated heterocycles. The van der Waals surface area contributed by atoms with Crippen molar-refractivity contribution < 1.29 is 19.1 Å². The summed E-state index contributed by atoms with van der Waals surface area (Å²) < 4.78 is 10.9. The first kappa shape index (κ1) is 20.5. The van der Waals surface area contributed by atoms with Crippen LogP contribution in [0.15, 0.2) is 66.9 Å². The number of carbonyl (C=O) groups is 2. The van der Waals surface area contributed by atoms with Crippen LogP contribution < -0.4 is 9.64 Å². The van der Waals surface area contributed by atoms with Crippen molar-refractivity contribution >= 4 is 38.6 Å². The Morgan fingerprint density at radius 1 is 1.00 bits per heavy atom. The third-order valence-corrected chi connectivity index (χ3v) is 5.70. The van der Waals surface area contributed by atoms with E-state index in [0.717, 1.165) is 21.7 Å². The summed E-state index contributed by atoms with van der Waals surface area (Å²) in [6, 6.07) is 17.5. The third kappa shape index (κ3) is 4.39. The van der Waals surface area contributed by atoms with Crippen molar-refractivity contribution in [1.82, 2.24) is 9.97 Å². The molecule has 0 bridgehead atoms. The number of fused-ring (bicyclic) bond motifs is 1. The van der Waals surface area contributed by atoms with Gasteiger partial charge in [-0.05, 0) is 54.6 Å². The standard InChI is InChI=1S/C23H19N3O4S/c1-29-18-10-11-19-20(13-18)31-23(25-19)26(14-17-5-3-4-12-24-17)21(27)15-6-8-16(9-7-15)22(28)30-2/h3-13H,14H2,1-2H3. The Morgan fingerprint density at radius 3 is 2.45 bits per heavy atom. The van der Waals surface area contributed by atoms with Crippen LogP contribution in [-0.2, 0) is 11.3 Å². The quantitative estimate of drug-likeness (QED) is 0.421. The lowest BCUT2D eigenvalue weighted by Crippen LogP contribution is -2.30. The van der Waals surface area contributed by atoms with Gasteiger partial charge in [0.15, 0.2) is 5.13 Å². The molecule has 4 rings (SSSR count). The number of methoxy groups -OCH3 is 2. The highest BCUT2D eigenvalue weighted by molar-refractivity contribution is 7.22. The summed E-state index contributed by atoms with van der Waals surface area (Å²) in [5.74, 6) is 0.0289. The zero-order valence-corrected chi connectivity index (χ0v) is 17.8. The lowest BCUT2D eigenvalue weighted by molar-refractivity contribution is 0.0600. The van der Waals surface area contributed by atoms with Gasteiger partial charge < -0.3 is 9.47 Å². The van der Waals surface area contributed by atoms with E-state index in [2.05, 4.69) is 9.97 Å². The number of ether oxygens (including phenoxy) is 2. The van der Waals surface area contributed by atoms with Crippen LogP contribution in [0.25, 0.3) is 10.2 Å². The molecule has 0 atom stereocenters. The number of thiazole rings is 1. The van der Waals surface area contributed by atoms with Gasteiger partial charge in [0, 0.05) is 11.8 Å². The highest BCUT2D eigenvalue weighted by Gasteiger charge is 2.23. The number of esters is 1. The SMILES string of the molecule is COC(=O)c1ccc(C(=O)N(Cc2ccccn2)c2nc3ccc(OC)cc3s2)cc1. The molecule has 0 radical (unpaired) electrons. The molecule has 7 nitrogen and oxygen atoms in total. The summed E-state index contributed by atoms with van der Waals surface area (Å²) in [4.78, 5) is 35.7. The van der Waals surface area contributed by atoms with Crippen molar-refractivity contribution in [2.75, 3.05) is 19.1 Å². The van der Waals surface area contributed by atoms with E-state index in [1.165, 1.54) is 18.4 Å². The van der Waals surface area contributed by atoms with Crippen molar-refractivity contribution in [2.45, 2.75) is 6.54 Å². The number of pyridine rings is 1. The van der Waals surface area contributed by atoms with Gasteiger partial charge in [0.2, 0.25) is 0 Å². The van der Waals surface area contributed by atoms with Gasteiger partial charge in [-0.15, -0.1) is 0 Å². The first-order valence-electron chi connectivity index (χ1n) is 9.44. The van der Waals surface area contributed by atoms with E-state index < -0.39 is 5.97 Å². The molecular formula is C23H19N3O4S. The second-order valence-corrected chi connectivity index (χ2v) is 7.62. The Morgan fingerprint density at radius 2 is 1.77 bits per heavy atom. The molecule has 156 valence electrons. The van der Waals surface area contributed by atoms with Gasteiger partial charge in [-0.3, -0.25) is 14.7 Å². The predicted molar refractivity (Wildman–Crippen MR) is 119 cm³/mol. The summed E-state index contributed by atoms with van der Waals surface area (Å²) in [6.45, 7) is 0.259. The summed E-state index contributed by atoms with van der Waals surface area (Å²) >= 11 is 1.40. The molecule has 31 heavy (non-hydrogen) atoms. The van der Waals surface area contributed by atoms with E-state index in [9.17, 15) is 9.59 Å². The second kappa shape index (κ2) is 8.93. The molecule has 0 aliphatic heterocycles. The number of amides is 1. The van der Waals surface area contributed by atoms with Crippen LogP contribution in [0.1, 0.15) is 26.4 Å². The van der Waals surface area contributed by atoms with Gasteiger partial charge in [-0.1, -0.05) is 17.4 Å². The van der Waals surface area contributed by atoms with E-state index in [4.69, 9.17) is 9.47 Å². The van der Waals surface area contributed by atoms with E-state index >= 15 is 0 Å². The van der Waals surface area contributed by atoms with E-state index in [0.29, 0.717) is 16.3 Å². The van der Waals surface area contributed by atoms with Crippen molar-refractivity contribution in [2.24, 2.45) is 0 Å². The van der Waals surface area contributed by atoms with Crippen molar-refractivity contribution in [3.8, 4) is 5.75 Å². The minimum Gasteiger partial charge on any atom is -0.497 e. The molecule has 1 amide bonds. The monoisotopic (exact) mass is 433 g/mol. The maximum absolute atomic E-state index is 13.4. The average Bonchev–Trinajstić information content (AvgIpc) is 3.25. The number of benzene rings is 2. The molecule has 0 fully saturated rings. The van der Waals surface area contributed by atoms with Gasteiger partial charge in [0.05, 0.1) is 42.2 Å². The summed E-state index contributed by atoms with van der Waals surface area (Å²) in [5, 5.41) is 0.552. The van der Waals surface area contributed by atoms with Gasteiger partial charge in [0.1, 0.15) is 5.75 Å². The molecule has 0 spiro atoms. The first-order chi connectivity index (χ1) is 15.1. The zero-order chi connectivity index (χ0) is 21.8. The highest BCUT2D eigenvalue weighted by atomic mass is 32.1. The molecular weight excluding hydrogens is 414 g/mol. The molecule has 2 heterocycles. The van der Waals surface area contributed by atoms with Crippen LogP contribution in [0.3, 0.4) is 0 Å². The predicted octanol–water partition coefficient (Wildman–Crippen LogP) is 4.33. The number of anilines is 1. The van der Waals surface area contributed by atoms with Crippen molar-refractivity contribution in [3.05, 3.63) is 83.7 Å².